The van der Waals surface area contributed by atoms with E-state index in [2.05, 4.69) is 0 Å². The summed E-state index contributed by atoms with van der Waals surface area (Å²) in [5.74, 6) is -5.84. The fourth-order valence-electron chi connectivity index (χ4n) is 4.76. The Bertz CT molecular complexity index is 1200. The van der Waals surface area contributed by atoms with E-state index in [1.54, 1.807) is 0 Å². The predicted molar refractivity (Wildman–Crippen MR) is 152 cm³/mol. The summed E-state index contributed by atoms with van der Waals surface area (Å²) >= 11 is 0.594. The molecule has 0 amide bonds. The molecule has 19 heteroatoms. The Labute approximate surface area is 273 Å². The van der Waals surface area contributed by atoms with E-state index in [9.17, 15) is 38.4 Å². The zero-order valence-corrected chi connectivity index (χ0v) is 27.8. The second-order valence-electron chi connectivity index (χ2n) is 10.3. The van der Waals surface area contributed by atoms with Crippen molar-refractivity contribution in [3.05, 3.63) is 0 Å². The first kappa shape index (κ1) is 39.4. The van der Waals surface area contributed by atoms with Gasteiger partial charge in [0, 0.05) is 55.4 Å². The molecule has 264 valence electrons. The van der Waals surface area contributed by atoms with Crippen LogP contribution in [0.2, 0.25) is 0 Å². The smallest absolute Gasteiger partial charge is 0.303 e. The molecular formula is C28H38O18S. The highest BCUT2D eigenvalue weighted by molar-refractivity contribution is 8.14. The van der Waals surface area contributed by atoms with Crippen LogP contribution in [0.25, 0.3) is 0 Å². The Balaban J connectivity index is 2.56. The Hall–Kier alpha value is -3.81. The van der Waals surface area contributed by atoms with Crippen LogP contribution < -0.4 is 0 Å². The summed E-state index contributed by atoms with van der Waals surface area (Å²) in [6.45, 7) is 7.51. The van der Waals surface area contributed by atoms with Crippen LogP contribution in [0.15, 0.2) is 0 Å². The molecule has 0 saturated carbocycles. The van der Waals surface area contributed by atoms with Crippen molar-refractivity contribution < 1.29 is 85.7 Å². The van der Waals surface area contributed by atoms with Crippen LogP contribution in [0, 0.1) is 0 Å². The van der Waals surface area contributed by atoms with E-state index in [4.69, 9.17) is 47.4 Å². The number of hydrogen-bond acceptors (Lipinski definition) is 19. The van der Waals surface area contributed by atoms with Crippen LogP contribution in [0.3, 0.4) is 0 Å². The Morgan fingerprint density at radius 3 is 1.28 bits per heavy atom. The number of carbonyl (C=O) groups excluding carboxylic acids is 8. The first-order valence-electron chi connectivity index (χ1n) is 14.2. The molecule has 0 aromatic carbocycles. The van der Waals surface area contributed by atoms with Crippen LogP contribution in [-0.2, 0) is 85.7 Å². The third kappa shape index (κ3) is 12.4. The van der Waals surface area contributed by atoms with Gasteiger partial charge in [-0.2, -0.15) is 0 Å². The standard InChI is InChI=1S/C28H38O18S/c1-11(29)37-9-19-21(39-12(2)30)23(41-14(4)32)25(43-16(6)34)27(45-19)38-10-20-22(40-13(3)31)24(42-15(5)33)26(44-17(7)35)28(46-20)47-18(8)36/h19-28H,9-10H2,1-8H3. The van der Waals surface area contributed by atoms with Crippen molar-refractivity contribution in [1.82, 2.24) is 0 Å². The van der Waals surface area contributed by atoms with Gasteiger partial charge in [-0.1, -0.05) is 11.8 Å². The van der Waals surface area contributed by atoms with Crippen molar-refractivity contribution in [3.63, 3.8) is 0 Å². The highest BCUT2D eigenvalue weighted by atomic mass is 32.2. The summed E-state index contributed by atoms with van der Waals surface area (Å²) in [4.78, 5) is 96.2. The minimum atomic E-state index is -1.64. The lowest BCUT2D eigenvalue weighted by molar-refractivity contribution is -0.317. The lowest BCUT2D eigenvalue weighted by atomic mass is 9.97. The number of esters is 7. The first-order valence-corrected chi connectivity index (χ1v) is 15.0. The van der Waals surface area contributed by atoms with Gasteiger partial charge in [0.25, 0.3) is 0 Å². The van der Waals surface area contributed by atoms with Crippen molar-refractivity contribution >= 4 is 58.7 Å². The summed E-state index contributed by atoms with van der Waals surface area (Å²) in [5, 5.41) is -0.473. The Morgan fingerprint density at radius 1 is 0.468 bits per heavy atom. The largest absolute Gasteiger partial charge is 0.463 e. The van der Waals surface area contributed by atoms with E-state index in [0.717, 1.165) is 48.5 Å². The van der Waals surface area contributed by atoms with E-state index in [1.165, 1.54) is 6.92 Å². The molecule has 0 radical (unpaired) electrons. The van der Waals surface area contributed by atoms with Gasteiger partial charge in [0.15, 0.2) is 53.5 Å². The number of rotatable bonds is 12. The van der Waals surface area contributed by atoms with Crippen molar-refractivity contribution in [2.24, 2.45) is 0 Å². The molecular weight excluding hydrogens is 656 g/mol. The SMILES string of the molecule is CC(=O)OCC1OC(OCC2OC(SC(C)=O)C(OC(C)=O)C(OC(C)=O)C2OC(C)=O)C(OC(C)=O)C(OC(C)=O)C1OC(C)=O. The Kier molecular flexibility index (Phi) is 15.0. The fraction of sp³-hybridized carbons (Fsp3) is 0.714. The van der Waals surface area contributed by atoms with Gasteiger partial charge in [-0.3, -0.25) is 38.4 Å². The van der Waals surface area contributed by atoms with Gasteiger partial charge in [-0.15, -0.1) is 0 Å². The number of hydrogen-bond donors (Lipinski definition) is 0. The van der Waals surface area contributed by atoms with Gasteiger partial charge in [0.05, 0.1) is 6.61 Å². The van der Waals surface area contributed by atoms with Crippen LogP contribution >= 0.6 is 11.8 Å². The molecule has 0 bridgehead atoms. The van der Waals surface area contributed by atoms with E-state index in [-0.39, 0.29) is 0 Å². The number of carbonyl (C=O) groups is 8. The third-order valence-corrected chi connectivity index (χ3v) is 7.10. The van der Waals surface area contributed by atoms with Gasteiger partial charge in [0.1, 0.15) is 18.8 Å². The molecule has 2 heterocycles. The topological polar surface area (TPSA) is 229 Å². The lowest BCUT2D eigenvalue weighted by Gasteiger charge is -2.46. The van der Waals surface area contributed by atoms with Gasteiger partial charge in [0.2, 0.25) is 0 Å². The maximum Gasteiger partial charge on any atom is 0.303 e. The molecule has 2 saturated heterocycles. The van der Waals surface area contributed by atoms with Gasteiger partial charge in [-0.05, 0) is 0 Å². The second-order valence-corrected chi connectivity index (χ2v) is 11.6. The first-order chi connectivity index (χ1) is 21.9. The normalized spacial score (nSPS) is 30.1. The minimum Gasteiger partial charge on any atom is -0.463 e. The van der Waals surface area contributed by atoms with Gasteiger partial charge >= 0.3 is 41.8 Å². The molecule has 0 spiro atoms. The van der Waals surface area contributed by atoms with E-state index < -0.39 is 121 Å². The zero-order valence-electron chi connectivity index (χ0n) is 26.9. The zero-order chi connectivity index (χ0) is 35.6. The van der Waals surface area contributed by atoms with E-state index >= 15 is 0 Å². The fourth-order valence-corrected chi connectivity index (χ4v) is 5.63. The summed E-state index contributed by atoms with van der Waals surface area (Å²) in [6, 6.07) is 0. The molecule has 0 N–H and O–H groups in total. The Morgan fingerprint density at radius 2 is 0.851 bits per heavy atom. The maximum absolute atomic E-state index is 12.2. The number of thioether (sulfide) groups is 1. The average Bonchev–Trinajstić information content (AvgIpc) is 2.91. The monoisotopic (exact) mass is 694 g/mol. The lowest BCUT2D eigenvalue weighted by Crippen LogP contribution is -2.64. The van der Waals surface area contributed by atoms with Gasteiger partial charge < -0.3 is 47.4 Å². The summed E-state index contributed by atoms with van der Waals surface area (Å²) < 4.78 is 55.1. The summed E-state index contributed by atoms with van der Waals surface area (Å²) in [5.41, 5.74) is -1.29. The average molecular weight is 695 g/mol. The van der Waals surface area contributed by atoms with Crippen molar-refractivity contribution in [1.29, 1.82) is 0 Å². The van der Waals surface area contributed by atoms with Crippen LogP contribution in [0.1, 0.15) is 55.4 Å². The molecule has 47 heavy (non-hydrogen) atoms. The molecule has 18 nitrogen and oxygen atoms in total. The molecule has 2 aliphatic rings. The molecule has 0 aromatic heterocycles. The summed E-state index contributed by atoms with van der Waals surface area (Å²) in [6.07, 6.45) is -13.3. The minimum absolute atomic E-state index is 0.473. The second kappa shape index (κ2) is 17.9. The molecule has 2 aliphatic heterocycles. The van der Waals surface area contributed by atoms with Crippen LogP contribution in [0.4, 0.5) is 0 Å². The van der Waals surface area contributed by atoms with Crippen molar-refractivity contribution in [2.45, 2.75) is 116 Å². The highest BCUT2D eigenvalue weighted by Crippen LogP contribution is 2.36. The molecule has 2 fully saturated rings. The predicted octanol–water partition coefficient (Wildman–Crippen LogP) is -0.114. The van der Waals surface area contributed by atoms with Crippen LogP contribution in [-0.4, -0.2) is 121 Å². The van der Waals surface area contributed by atoms with Crippen molar-refractivity contribution in [2.75, 3.05) is 13.2 Å². The summed E-state index contributed by atoms with van der Waals surface area (Å²) in [7, 11) is 0. The quantitative estimate of drug-likeness (QED) is 0.192. The van der Waals surface area contributed by atoms with Crippen LogP contribution in [0.5, 0.6) is 0 Å². The van der Waals surface area contributed by atoms with E-state index in [1.807, 2.05) is 0 Å². The number of ether oxygens (including phenoxy) is 10. The molecule has 2 rings (SSSR count). The van der Waals surface area contributed by atoms with E-state index in [0.29, 0.717) is 11.8 Å². The molecule has 0 aliphatic carbocycles. The van der Waals surface area contributed by atoms with Gasteiger partial charge in [-0.25, -0.2) is 0 Å². The molecule has 10 unspecified atom stereocenters. The molecule has 0 aromatic rings. The third-order valence-electron chi connectivity index (χ3n) is 6.15. The molecule has 10 atom stereocenters. The van der Waals surface area contributed by atoms with Crippen molar-refractivity contribution in [3.8, 4) is 0 Å². The highest BCUT2D eigenvalue weighted by Gasteiger charge is 2.55. The maximum atomic E-state index is 12.2.